The van der Waals surface area contributed by atoms with Gasteiger partial charge in [-0.2, -0.15) is 17.6 Å². The molecule has 0 aliphatic carbocycles. The van der Waals surface area contributed by atoms with Gasteiger partial charge in [-0.15, -0.1) is 0 Å². The first-order chi connectivity index (χ1) is 15.2. The number of hydrogen-bond donors (Lipinski definition) is 1. The predicted octanol–water partition coefficient (Wildman–Crippen LogP) is 6.70. The van der Waals surface area contributed by atoms with Crippen molar-refractivity contribution < 1.29 is 22.4 Å². The second kappa shape index (κ2) is 10.1. The lowest BCUT2D eigenvalue weighted by atomic mass is 9.99. The lowest BCUT2D eigenvalue weighted by Gasteiger charge is -2.20. The van der Waals surface area contributed by atoms with Crippen LogP contribution in [0.1, 0.15) is 43.7 Å². The van der Waals surface area contributed by atoms with Gasteiger partial charge in [0.2, 0.25) is 10.3 Å². The molecule has 0 saturated heterocycles. The van der Waals surface area contributed by atoms with Crippen molar-refractivity contribution in [1.29, 1.82) is 0 Å². The third-order valence-corrected chi connectivity index (χ3v) is 5.71. The number of anilines is 2. The van der Waals surface area contributed by atoms with E-state index >= 15 is 0 Å². The van der Waals surface area contributed by atoms with Gasteiger partial charge in [0.05, 0.1) is 11.3 Å². The number of urea groups is 1. The van der Waals surface area contributed by atoms with Crippen LogP contribution < -0.4 is 10.6 Å². The van der Waals surface area contributed by atoms with E-state index in [1.165, 1.54) is 24.5 Å². The normalized spacial score (nSPS) is 11.5. The Morgan fingerprint density at radius 3 is 2.59 bits per heavy atom. The molecule has 10 heteroatoms. The number of primary amides is 1. The maximum Gasteiger partial charge on any atom is 0.416 e. The number of benzene rings is 1. The molecule has 0 fully saturated rings. The van der Waals surface area contributed by atoms with Gasteiger partial charge in [0.15, 0.2) is 0 Å². The molecule has 2 amide bonds. The van der Waals surface area contributed by atoms with Gasteiger partial charge in [-0.3, -0.25) is 4.98 Å². The number of rotatable bonds is 8. The Balaban J connectivity index is 1.99. The minimum atomic E-state index is -4.62. The molecule has 0 bridgehead atoms. The Morgan fingerprint density at radius 1 is 1.19 bits per heavy atom. The molecular weight excluding hydrogens is 444 g/mol. The van der Waals surface area contributed by atoms with E-state index in [9.17, 15) is 22.4 Å². The van der Waals surface area contributed by atoms with E-state index in [4.69, 9.17) is 5.73 Å². The van der Waals surface area contributed by atoms with E-state index in [1.807, 2.05) is 6.92 Å². The van der Waals surface area contributed by atoms with Crippen molar-refractivity contribution >= 4 is 28.2 Å². The molecule has 2 aromatic heterocycles. The Bertz CT molecular complexity index is 1070. The third-order valence-electron chi connectivity index (χ3n) is 4.88. The number of halogens is 4. The molecular formula is C22H22F4N4OS. The van der Waals surface area contributed by atoms with Gasteiger partial charge >= 0.3 is 12.2 Å². The first-order valence-corrected chi connectivity index (χ1v) is 10.9. The number of unbranched alkanes of at least 4 members (excludes halogenated alkanes) is 3. The zero-order valence-corrected chi connectivity index (χ0v) is 18.1. The van der Waals surface area contributed by atoms with Gasteiger partial charge in [0.25, 0.3) is 0 Å². The first-order valence-electron chi connectivity index (χ1n) is 10.1. The van der Waals surface area contributed by atoms with Crippen LogP contribution in [0.3, 0.4) is 0 Å². The van der Waals surface area contributed by atoms with Crippen LogP contribution in [-0.2, 0) is 12.6 Å². The van der Waals surface area contributed by atoms with Crippen LogP contribution in [0.25, 0.3) is 11.3 Å². The van der Waals surface area contributed by atoms with Crippen LogP contribution >= 0.6 is 11.3 Å². The summed E-state index contributed by atoms with van der Waals surface area (Å²) in [5, 5.41) is -0.875. The minimum Gasteiger partial charge on any atom is -0.351 e. The molecule has 3 rings (SSSR count). The SMILES string of the molecule is CCCCCCc1ccc(N(C(N)=O)c2nc(-c3cccnc3)c(F)s2)cc1C(F)(F)F. The lowest BCUT2D eigenvalue weighted by Crippen LogP contribution is -2.31. The average molecular weight is 467 g/mol. The summed E-state index contributed by atoms with van der Waals surface area (Å²) in [6, 6.07) is 5.68. The quantitative estimate of drug-likeness (QED) is 0.296. The Hall–Kier alpha value is -3.01. The molecule has 0 aliphatic heterocycles. The Morgan fingerprint density at radius 2 is 1.97 bits per heavy atom. The van der Waals surface area contributed by atoms with Crippen molar-refractivity contribution in [2.24, 2.45) is 5.73 Å². The predicted molar refractivity (Wildman–Crippen MR) is 116 cm³/mol. The smallest absolute Gasteiger partial charge is 0.351 e. The molecule has 170 valence electrons. The number of pyridine rings is 1. The van der Waals surface area contributed by atoms with Crippen LogP contribution in [0.4, 0.5) is 33.2 Å². The lowest BCUT2D eigenvalue weighted by molar-refractivity contribution is -0.138. The standard InChI is InChI=1S/C22H22F4N4OS/c1-2-3-4-5-7-14-9-10-16(12-17(14)22(24,25)26)30(20(27)31)21-29-18(19(23)32-21)15-8-6-11-28-13-15/h6,8-13H,2-5,7H2,1H3,(H2,27,31). The fourth-order valence-electron chi connectivity index (χ4n) is 3.33. The number of amides is 2. The molecule has 0 unspecified atom stereocenters. The van der Waals surface area contributed by atoms with Crippen LogP contribution in [0.15, 0.2) is 42.7 Å². The molecule has 2 heterocycles. The number of carbonyl (C=O) groups is 1. The van der Waals surface area contributed by atoms with E-state index in [-0.39, 0.29) is 28.5 Å². The zero-order valence-electron chi connectivity index (χ0n) is 17.3. The molecule has 0 saturated carbocycles. The van der Waals surface area contributed by atoms with Gasteiger partial charge in [-0.25, -0.2) is 14.7 Å². The van der Waals surface area contributed by atoms with Gasteiger partial charge in [0, 0.05) is 18.0 Å². The second-order valence-corrected chi connectivity index (χ2v) is 8.11. The largest absolute Gasteiger partial charge is 0.416 e. The summed E-state index contributed by atoms with van der Waals surface area (Å²) in [6.07, 6.45) is 1.93. The highest BCUT2D eigenvalue weighted by Crippen LogP contribution is 2.39. The van der Waals surface area contributed by atoms with Crippen molar-refractivity contribution in [2.75, 3.05) is 4.90 Å². The number of thiazole rings is 1. The van der Waals surface area contributed by atoms with Gasteiger partial charge in [-0.05, 0) is 42.7 Å². The highest BCUT2D eigenvalue weighted by molar-refractivity contribution is 7.14. The van der Waals surface area contributed by atoms with Crippen molar-refractivity contribution in [1.82, 2.24) is 9.97 Å². The molecule has 0 aliphatic rings. The monoisotopic (exact) mass is 466 g/mol. The minimum absolute atomic E-state index is 0.0621. The van der Waals surface area contributed by atoms with Crippen LogP contribution in [-0.4, -0.2) is 16.0 Å². The number of nitrogens with two attached hydrogens (primary N) is 1. The highest BCUT2D eigenvalue weighted by atomic mass is 32.1. The average Bonchev–Trinajstić information content (AvgIpc) is 3.12. The summed E-state index contributed by atoms with van der Waals surface area (Å²) in [4.78, 5) is 20.9. The van der Waals surface area contributed by atoms with Crippen LogP contribution in [0.2, 0.25) is 0 Å². The number of aromatic nitrogens is 2. The number of hydrogen-bond acceptors (Lipinski definition) is 4. The van der Waals surface area contributed by atoms with Crippen molar-refractivity contribution in [3.63, 3.8) is 0 Å². The Kier molecular flexibility index (Phi) is 7.44. The molecule has 0 radical (unpaired) electrons. The third kappa shape index (κ3) is 5.42. The van der Waals surface area contributed by atoms with Crippen molar-refractivity contribution in [2.45, 2.75) is 45.2 Å². The van der Waals surface area contributed by atoms with Crippen LogP contribution in [0, 0.1) is 5.13 Å². The molecule has 0 atom stereocenters. The number of aryl methyl sites for hydroxylation is 1. The summed E-state index contributed by atoms with van der Waals surface area (Å²) >= 11 is 0.516. The molecule has 5 nitrogen and oxygen atoms in total. The molecule has 3 aromatic rings. The summed E-state index contributed by atoms with van der Waals surface area (Å²) in [6.45, 7) is 2.02. The fraction of sp³-hybridized carbons (Fsp3) is 0.318. The van der Waals surface area contributed by atoms with E-state index in [0.29, 0.717) is 23.3 Å². The summed E-state index contributed by atoms with van der Waals surface area (Å²) in [5.74, 6) is 0. The molecule has 2 N–H and O–H groups in total. The number of alkyl halides is 3. The first kappa shape index (κ1) is 23.6. The van der Waals surface area contributed by atoms with Crippen molar-refractivity contribution in [3.05, 3.63) is 59.0 Å². The summed E-state index contributed by atoms with van der Waals surface area (Å²) in [7, 11) is 0. The van der Waals surface area contributed by atoms with Crippen molar-refractivity contribution in [3.8, 4) is 11.3 Å². The zero-order chi connectivity index (χ0) is 23.3. The molecule has 0 spiro atoms. The van der Waals surface area contributed by atoms with E-state index in [1.54, 1.807) is 12.1 Å². The molecule has 32 heavy (non-hydrogen) atoms. The van der Waals surface area contributed by atoms with Crippen LogP contribution in [0.5, 0.6) is 0 Å². The number of carbonyl (C=O) groups excluding carboxylic acids is 1. The van der Waals surface area contributed by atoms with Gasteiger partial charge in [0.1, 0.15) is 5.69 Å². The van der Waals surface area contributed by atoms with Gasteiger partial charge in [-0.1, -0.05) is 43.6 Å². The Labute approximate surface area is 186 Å². The maximum atomic E-state index is 14.5. The highest BCUT2D eigenvalue weighted by Gasteiger charge is 2.34. The van der Waals surface area contributed by atoms with E-state index in [0.717, 1.165) is 30.2 Å². The van der Waals surface area contributed by atoms with E-state index < -0.39 is 22.9 Å². The van der Waals surface area contributed by atoms with E-state index in [2.05, 4.69) is 9.97 Å². The summed E-state index contributed by atoms with van der Waals surface area (Å²) < 4.78 is 55.8. The summed E-state index contributed by atoms with van der Waals surface area (Å²) in [5.41, 5.74) is 4.92. The topological polar surface area (TPSA) is 72.1 Å². The fourth-order valence-corrected chi connectivity index (χ4v) is 4.17. The number of nitrogens with zero attached hydrogens (tertiary/aromatic N) is 3. The van der Waals surface area contributed by atoms with Gasteiger partial charge < -0.3 is 5.73 Å². The maximum absolute atomic E-state index is 14.5. The molecule has 1 aromatic carbocycles. The second-order valence-electron chi connectivity index (χ2n) is 7.18.